The molecule has 2 aromatic heterocycles. The lowest BCUT2D eigenvalue weighted by Crippen LogP contribution is -2.62. The zero-order valence-electron chi connectivity index (χ0n) is 25.0. The van der Waals surface area contributed by atoms with Crippen molar-refractivity contribution < 1.29 is 23.4 Å². The molecule has 2 fully saturated rings. The predicted octanol–water partition coefficient (Wildman–Crippen LogP) is 4.52. The van der Waals surface area contributed by atoms with Crippen molar-refractivity contribution in [2.45, 2.75) is 50.3 Å². The summed E-state index contributed by atoms with van der Waals surface area (Å²) in [6.45, 7) is 3.18. The molecule has 0 spiro atoms. The van der Waals surface area contributed by atoms with E-state index in [2.05, 4.69) is 25.2 Å². The van der Waals surface area contributed by atoms with Crippen molar-refractivity contribution in [2.24, 2.45) is 11.7 Å². The zero-order valence-corrected chi connectivity index (χ0v) is 25.0. The molecule has 6 N–H and O–H groups in total. The van der Waals surface area contributed by atoms with E-state index in [1.807, 2.05) is 13.0 Å². The van der Waals surface area contributed by atoms with Gasteiger partial charge in [0.25, 0.3) is 0 Å². The normalized spacial score (nSPS) is 21.4. The summed E-state index contributed by atoms with van der Waals surface area (Å²) < 4.78 is 34.7. The van der Waals surface area contributed by atoms with Crippen molar-refractivity contribution in [3.8, 4) is 0 Å². The molecule has 5 rings (SSSR count). The first kappa shape index (κ1) is 31.1. The number of carbonyl (C=O) groups is 1. The summed E-state index contributed by atoms with van der Waals surface area (Å²) in [6, 6.07) is 3.62. The fourth-order valence-electron chi connectivity index (χ4n) is 6.42. The second kappa shape index (κ2) is 12.7. The van der Waals surface area contributed by atoms with Crippen LogP contribution in [0, 0.1) is 23.0 Å². The maximum atomic E-state index is 14.9. The Balaban J connectivity index is 1.27. The molecule has 1 aromatic carbocycles. The quantitative estimate of drug-likeness (QED) is 0.234. The number of hydrogen-bond donors (Lipinski definition) is 5. The average Bonchev–Trinajstić information content (AvgIpc) is 3.64. The molecule has 2 aliphatic rings. The van der Waals surface area contributed by atoms with Crippen LogP contribution in [0.4, 0.5) is 30.9 Å². The molecule has 234 valence electrons. The number of pyridine rings is 1. The van der Waals surface area contributed by atoms with Gasteiger partial charge in [-0.05, 0) is 54.7 Å². The summed E-state index contributed by atoms with van der Waals surface area (Å²) in [5, 5.41) is 22.2. The first-order valence-electron chi connectivity index (χ1n) is 14.6. The van der Waals surface area contributed by atoms with Gasteiger partial charge in [0.15, 0.2) is 0 Å². The SMILES string of the molecule is COC(=O)N(C)C1C(C)CN(c2ccncc2Nc2ncc(/C=C\C(=N)c3c(F)cc(C4(O)CCCC4)cc3F)[nH]2)CC1N. The highest BCUT2D eigenvalue weighted by Crippen LogP contribution is 2.39. The van der Waals surface area contributed by atoms with Gasteiger partial charge in [0.2, 0.25) is 5.95 Å². The Morgan fingerprint density at radius 2 is 1.98 bits per heavy atom. The van der Waals surface area contributed by atoms with Crippen molar-refractivity contribution in [1.82, 2.24) is 19.9 Å². The van der Waals surface area contributed by atoms with Gasteiger partial charge in [0.05, 0.1) is 59.5 Å². The Kier molecular flexibility index (Phi) is 8.97. The number of aromatic amines is 1. The Hall–Kier alpha value is -4.36. The fourth-order valence-corrected chi connectivity index (χ4v) is 6.42. The minimum Gasteiger partial charge on any atom is -0.453 e. The highest BCUT2D eigenvalue weighted by Gasteiger charge is 2.38. The summed E-state index contributed by atoms with van der Waals surface area (Å²) in [5.41, 5.74) is 6.73. The van der Waals surface area contributed by atoms with Crippen LogP contribution in [0.15, 0.2) is 42.9 Å². The molecule has 3 atom stereocenters. The Bertz CT molecular complexity index is 1520. The molecule has 1 saturated carbocycles. The molecule has 1 amide bonds. The third kappa shape index (κ3) is 6.29. The summed E-state index contributed by atoms with van der Waals surface area (Å²) >= 11 is 0. The number of anilines is 3. The second-order valence-electron chi connectivity index (χ2n) is 11.6. The number of H-pyrrole nitrogens is 1. The number of likely N-dealkylation sites (N-methyl/N-ethyl adjacent to an activating group) is 1. The first-order valence-corrected chi connectivity index (χ1v) is 14.6. The molecule has 11 nitrogen and oxygen atoms in total. The number of nitrogens with zero attached hydrogens (tertiary/aromatic N) is 4. The van der Waals surface area contributed by atoms with E-state index in [0.717, 1.165) is 30.7 Å². The summed E-state index contributed by atoms with van der Waals surface area (Å²) in [7, 11) is 3.04. The minimum atomic E-state index is -1.23. The summed E-state index contributed by atoms with van der Waals surface area (Å²) in [6.07, 6.45) is 9.76. The van der Waals surface area contributed by atoms with Gasteiger partial charge in [-0.2, -0.15) is 0 Å². The highest BCUT2D eigenvalue weighted by molar-refractivity contribution is 6.09. The number of benzene rings is 1. The van der Waals surface area contributed by atoms with Gasteiger partial charge in [-0.3, -0.25) is 4.98 Å². The smallest absolute Gasteiger partial charge is 0.409 e. The lowest BCUT2D eigenvalue weighted by atomic mass is 9.89. The molecule has 0 bridgehead atoms. The number of imidazole rings is 1. The van der Waals surface area contributed by atoms with Gasteiger partial charge in [0, 0.05) is 32.4 Å². The van der Waals surface area contributed by atoms with Crippen LogP contribution >= 0.6 is 0 Å². The molecular formula is C31H38F2N8O3. The number of hydrogen-bond acceptors (Lipinski definition) is 9. The largest absolute Gasteiger partial charge is 0.453 e. The molecule has 1 aliphatic heterocycles. The minimum absolute atomic E-state index is 0.0536. The Morgan fingerprint density at radius 1 is 1.27 bits per heavy atom. The molecule has 3 aromatic rings. The van der Waals surface area contributed by atoms with Crippen LogP contribution in [0.1, 0.15) is 49.4 Å². The average molecular weight is 609 g/mol. The van der Waals surface area contributed by atoms with Gasteiger partial charge in [-0.1, -0.05) is 19.8 Å². The number of carbonyl (C=O) groups excluding carboxylic acids is 1. The molecule has 0 radical (unpaired) electrons. The number of aliphatic hydroxyl groups is 1. The highest BCUT2D eigenvalue weighted by atomic mass is 19.1. The van der Waals surface area contributed by atoms with Crippen LogP contribution in [0.2, 0.25) is 0 Å². The van der Waals surface area contributed by atoms with E-state index in [4.69, 9.17) is 15.9 Å². The third-order valence-electron chi connectivity index (χ3n) is 8.57. The van der Waals surface area contributed by atoms with Gasteiger partial charge in [0.1, 0.15) is 11.6 Å². The van der Waals surface area contributed by atoms with Crippen LogP contribution in [0.5, 0.6) is 0 Å². The molecule has 44 heavy (non-hydrogen) atoms. The number of rotatable bonds is 8. The topological polar surface area (TPSA) is 156 Å². The van der Waals surface area contributed by atoms with E-state index in [9.17, 15) is 18.7 Å². The van der Waals surface area contributed by atoms with E-state index in [1.165, 1.54) is 25.5 Å². The summed E-state index contributed by atoms with van der Waals surface area (Å²) in [5.74, 6) is -1.32. The third-order valence-corrected chi connectivity index (χ3v) is 8.57. The van der Waals surface area contributed by atoms with Gasteiger partial charge < -0.3 is 41.1 Å². The molecule has 3 unspecified atom stereocenters. The van der Waals surface area contributed by atoms with Crippen molar-refractivity contribution in [3.63, 3.8) is 0 Å². The van der Waals surface area contributed by atoms with Crippen LogP contribution in [0.3, 0.4) is 0 Å². The number of halogens is 2. The zero-order chi connectivity index (χ0) is 31.6. The second-order valence-corrected chi connectivity index (χ2v) is 11.6. The molecule has 1 aliphatic carbocycles. The van der Waals surface area contributed by atoms with E-state index in [0.29, 0.717) is 43.3 Å². The number of nitrogens with one attached hydrogen (secondary N) is 3. The number of nitrogens with two attached hydrogens (primary N) is 1. The first-order chi connectivity index (χ1) is 21.0. The van der Waals surface area contributed by atoms with Crippen molar-refractivity contribution in [2.75, 3.05) is 37.5 Å². The van der Waals surface area contributed by atoms with E-state index >= 15 is 0 Å². The van der Waals surface area contributed by atoms with Crippen LogP contribution in [-0.2, 0) is 10.3 Å². The van der Waals surface area contributed by atoms with Crippen LogP contribution in [0.25, 0.3) is 6.08 Å². The lowest BCUT2D eigenvalue weighted by molar-refractivity contribution is 0.0438. The number of amides is 1. The van der Waals surface area contributed by atoms with Crippen molar-refractivity contribution >= 4 is 35.2 Å². The molecule has 1 saturated heterocycles. The van der Waals surface area contributed by atoms with Gasteiger partial charge >= 0.3 is 6.09 Å². The summed E-state index contributed by atoms with van der Waals surface area (Å²) in [4.78, 5) is 27.5. The monoisotopic (exact) mass is 608 g/mol. The van der Waals surface area contributed by atoms with Crippen molar-refractivity contribution in [1.29, 1.82) is 5.41 Å². The Morgan fingerprint density at radius 3 is 2.64 bits per heavy atom. The van der Waals surface area contributed by atoms with E-state index in [-0.39, 0.29) is 29.3 Å². The van der Waals surface area contributed by atoms with Crippen LogP contribution < -0.4 is 16.0 Å². The van der Waals surface area contributed by atoms with Crippen molar-refractivity contribution in [3.05, 3.63) is 71.3 Å². The standard InChI is InChI=1S/C31H38F2N8O3/c1-18-16-41(17-24(35)28(18)40(2)30(42)44-3)26-8-11-36-15-25(26)39-29-37-14-20(38-29)6-7-23(34)27-21(32)12-19(13-22(27)33)31(43)9-4-5-10-31/h6-8,11-15,18,24,28,34,43H,4-5,9-10,16-17,35H2,1-3H3,(H2,37,38,39)/b7-6-,34-23?. The van der Waals surface area contributed by atoms with E-state index < -0.39 is 28.9 Å². The number of aromatic nitrogens is 3. The molecular weight excluding hydrogens is 570 g/mol. The lowest BCUT2D eigenvalue weighted by Gasteiger charge is -2.45. The Labute approximate surface area is 254 Å². The van der Waals surface area contributed by atoms with Gasteiger partial charge in [-0.25, -0.2) is 18.6 Å². The molecule has 13 heteroatoms. The fraction of sp³-hybridized carbons (Fsp3) is 0.419. The maximum Gasteiger partial charge on any atom is 0.409 e. The molecule has 3 heterocycles. The number of methoxy groups -OCH3 is 1. The maximum absolute atomic E-state index is 14.9. The number of allylic oxidation sites excluding steroid dienone is 1. The number of ether oxygens (including phenoxy) is 1. The predicted molar refractivity (Wildman–Crippen MR) is 164 cm³/mol. The van der Waals surface area contributed by atoms with E-state index in [1.54, 1.807) is 24.3 Å². The number of piperidine rings is 1. The van der Waals surface area contributed by atoms with Crippen LogP contribution in [-0.4, -0.2) is 76.1 Å². The van der Waals surface area contributed by atoms with Gasteiger partial charge in [-0.15, -0.1) is 0 Å².